The molecule has 1 rings (SSSR count). The maximum Gasteiger partial charge on any atom is 0.191 e. The molecule has 0 unspecified atom stereocenters. The highest BCUT2D eigenvalue weighted by Crippen LogP contribution is 1.99. The maximum absolute atomic E-state index is 4.59. The van der Waals surface area contributed by atoms with Crippen molar-refractivity contribution in [3.05, 3.63) is 18.2 Å². The minimum absolute atomic E-state index is 0. The van der Waals surface area contributed by atoms with E-state index >= 15 is 0 Å². The summed E-state index contributed by atoms with van der Waals surface area (Å²) in [6.07, 6.45) is 9.87. The Balaban J connectivity index is 0.00000441. The van der Waals surface area contributed by atoms with Crippen LogP contribution in [-0.4, -0.2) is 35.1 Å². The van der Waals surface area contributed by atoms with Gasteiger partial charge in [0.05, 0.1) is 0 Å². The number of nitrogens with zero attached hydrogens (tertiary/aromatic N) is 3. The van der Waals surface area contributed by atoms with Gasteiger partial charge in [-0.2, -0.15) is 0 Å². The van der Waals surface area contributed by atoms with E-state index in [1.807, 2.05) is 19.3 Å². The van der Waals surface area contributed by atoms with Gasteiger partial charge in [0.25, 0.3) is 0 Å². The Kier molecular flexibility index (Phi) is 13.3. The van der Waals surface area contributed by atoms with Gasteiger partial charge in [-0.15, -0.1) is 24.0 Å². The van der Waals surface area contributed by atoms with Crippen LogP contribution < -0.4 is 10.6 Å². The largest absolute Gasteiger partial charge is 0.357 e. The molecule has 6 heteroatoms. The Hall–Kier alpha value is -0.790. The lowest BCUT2D eigenvalue weighted by Gasteiger charge is -2.11. The standard InChI is InChI=1S/C16H31N5.HI/c1-4-6-7-10-19-16(17-5-2)20-11-8-9-13-21-14-12-18-15(21)3;/h12,14H,4-11,13H2,1-3H3,(H2,17,19,20);1H. The van der Waals surface area contributed by atoms with E-state index < -0.39 is 0 Å². The quantitative estimate of drug-likeness (QED) is 0.264. The molecule has 0 saturated carbocycles. The minimum atomic E-state index is 0. The molecule has 0 aliphatic heterocycles. The zero-order valence-corrected chi connectivity index (χ0v) is 16.6. The highest BCUT2D eigenvalue weighted by atomic mass is 127. The lowest BCUT2D eigenvalue weighted by atomic mass is 10.2. The molecule has 0 spiro atoms. The van der Waals surface area contributed by atoms with Crippen LogP contribution in [0.4, 0.5) is 0 Å². The summed E-state index contributed by atoms with van der Waals surface area (Å²) < 4.78 is 2.20. The number of unbranched alkanes of at least 4 members (excludes halogenated alkanes) is 3. The number of aromatic nitrogens is 2. The molecule has 1 aromatic heterocycles. The first-order chi connectivity index (χ1) is 10.3. The van der Waals surface area contributed by atoms with E-state index in [1.165, 1.54) is 19.3 Å². The number of imidazole rings is 1. The van der Waals surface area contributed by atoms with E-state index in [2.05, 4.69) is 39.0 Å². The second-order valence-corrected chi connectivity index (χ2v) is 5.27. The van der Waals surface area contributed by atoms with Gasteiger partial charge in [-0.05, 0) is 33.1 Å². The van der Waals surface area contributed by atoms with Crippen LogP contribution >= 0.6 is 24.0 Å². The average Bonchev–Trinajstić information content (AvgIpc) is 2.88. The molecule has 0 aliphatic carbocycles. The van der Waals surface area contributed by atoms with Gasteiger partial charge >= 0.3 is 0 Å². The van der Waals surface area contributed by atoms with Crippen LogP contribution in [0.2, 0.25) is 0 Å². The second-order valence-electron chi connectivity index (χ2n) is 5.27. The molecule has 128 valence electrons. The summed E-state index contributed by atoms with van der Waals surface area (Å²) in [5.41, 5.74) is 0. The van der Waals surface area contributed by atoms with Gasteiger partial charge < -0.3 is 15.2 Å². The molecule has 0 fully saturated rings. The Morgan fingerprint density at radius 1 is 1.18 bits per heavy atom. The Bertz CT molecular complexity index is 403. The summed E-state index contributed by atoms with van der Waals surface area (Å²) in [5, 5.41) is 6.70. The summed E-state index contributed by atoms with van der Waals surface area (Å²) in [7, 11) is 0. The van der Waals surface area contributed by atoms with Crippen molar-refractivity contribution in [1.82, 2.24) is 20.2 Å². The number of hydrogen-bond donors (Lipinski definition) is 2. The van der Waals surface area contributed by atoms with Gasteiger partial charge in [0.1, 0.15) is 5.82 Å². The van der Waals surface area contributed by atoms with Crippen LogP contribution in [0.1, 0.15) is 51.8 Å². The lowest BCUT2D eigenvalue weighted by molar-refractivity contribution is 0.588. The lowest BCUT2D eigenvalue weighted by Crippen LogP contribution is -2.37. The second kappa shape index (κ2) is 13.8. The number of halogens is 1. The molecule has 0 saturated heterocycles. The third-order valence-corrected chi connectivity index (χ3v) is 3.42. The SMILES string of the molecule is CCCCCN=C(NCC)NCCCCn1ccnc1C.I. The summed E-state index contributed by atoms with van der Waals surface area (Å²) >= 11 is 0. The van der Waals surface area contributed by atoms with E-state index in [0.717, 1.165) is 50.8 Å². The maximum atomic E-state index is 4.59. The van der Waals surface area contributed by atoms with Crippen molar-refractivity contribution in [2.75, 3.05) is 19.6 Å². The monoisotopic (exact) mass is 421 g/mol. The molecule has 2 N–H and O–H groups in total. The first-order valence-electron chi connectivity index (χ1n) is 8.27. The molecule has 1 heterocycles. The van der Waals surface area contributed by atoms with Crippen molar-refractivity contribution < 1.29 is 0 Å². The van der Waals surface area contributed by atoms with Crippen LogP contribution in [0.5, 0.6) is 0 Å². The predicted molar refractivity (Wildman–Crippen MR) is 105 cm³/mol. The summed E-state index contributed by atoms with van der Waals surface area (Å²) in [6, 6.07) is 0. The number of aryl methyl sites for hydroxylation is 2. The van der Waals surface area contributed by atoms with Crippen molar-refractivity contribution in [2.24, 2.45) is 4.99 Å². The molecule has 0 aliphatic rings. The fourth-order valence-corrected chi connectivity index (χ4v) is 2.15. The van der Waals surface area contributed by atoms with Gasteiger partial charge in [0, 0.05) is 38.6 Å². The fraction of sp³-hybridized carbons (Fsp3) is 0.750. The normalized spacial score (nSPS) is 11.1. The first kappa shape index (κ1) is 21.2. The van der Waals surface area contributed by atoms with E-state index in [9.17, 15) is 0 Å². The van der Waals surface area contributed by atoms with Crippen molar-refractivity contribution in [3.8, 4) is 0 Å². The molecular formula is C16H32IN5. The molecule has 0 aromatic carbocycles. The van der Waals surface area contributed by atoms with Crippen molar-refractivity contribution in [3.63, 3.8) is 0 Å². The number of guanidine groups is 1. The molecular weight excluding hydrogens is 389 g/mol. The molecule has 0 atom stereocenters. The molecule has 0 radical (unpaired) electrons. The fourth-order valence-electron chi connectivity index (χ4n) is 2.15. The van der Waals surface area contributed by atoms with Crippen molar-refractivity contribution in [1.29, 1.82) is 0 Å². The van der Waals surface area contributed by atoms with Gasteiger partial charge in [-0.25, -0.2) is 4.98 Å². The van der Waals surface area contributed by atoms with Crippen LogP contribution in [0, 0.1) is 6.92 Å². The number of nitrogens with one attached hydrogen (secondary N) is 2. The Labute approximate surface area is 152 Å². The van der Waals surface area contributed by atoms with Gasteiger partial charge in [0.2, 0.25) is 0 Å². The highest BCUT2D eigenvalue weighted by molar-refractivity contribution is 14.0. The van der Waals surface area contributed by atoms with Gasteiger partial charge in [-0.1, -0.05) is 19.8 Å². The average molecular weight is 421 g/mol. The van der Waals surface area contributed by atoms with Crippen LogP contribution in [0.15, 0.2) is 17.4 Å². The third-order valence-electron chi connectivity index (χ3n) is 3.42. The van der Waals surface area contributed by atoms with Gasteiger partial charge in [0.15, 0.2) is 5.96 Å². The minimum Gasteiger partial charge on any atom is -0.357 e. The zero-order valence-electron chi connectivity index (χ0n) is 14.3. The number of hydrogen-bond acceptors (Lipinski definition) is 2. The van der Waals surface area contributed by atoms with E-state index in [-0.39, 0.29) is 24.0 Å². The molecule has 1 aromatic rings. The smallest absolute Gasteiger partial charge is 0.191 e. The molecule has 0 amide bonds. The van der Waals surface area contributed by atoms with E-state index in [4.69, 9.17) is 0 Å². The van der Waals surface area contributed by atoms with E-state index in [0.29, 0.717) is 0 Å². The first-order valence-corrected chi connectivity index (χ1v) is 8.27. The van der Waals surface area contributed by atoms with Crippen LogP contribution in [-0.2, 0) is 6.54 Å². The van der Waals surface area contributed by atoms with E-state index in [1.54, 1.807) is 0 Å². The Morgan fingerprint density at radius 3 is 2.64 bits per heavy atom. The van der Waals surface area contributed by atoms with Gasteiger partial charge in [-0.3, -0.25) is 4.99 Å². The number of aliphatic imine (C=N–C) groups is 1. The molecule has 0 bridgehead atoms. The summed E-state index contributed by atoms with van der Waals surface area (Å²) in [4.78, 5) is 8.83. The predicted octanol–water partition coefficient (Wildman–Crippen LogP) is 3.34. The molecule has 22 heavy (non-hydrogen) atoms. The summed E-state index contributed by atoms with van der Waals surface area (Å²) in [5.74, 6) is 2.04. The molecule has 5 nitrogen and oxygen atoms in total. The van der Waals surface area contributed by atoms with Crippen molar-refractivity contribution >= 4 is 29.9 Å². The van der Waals surface area contributed by atoms with Crippen molar-refractivity contribution in [2.45, 2.75) is 59.4 Å². The topological polar surface area (TPSA) is 54.2 Å². The Morgan fingerprint density at radius 2 is 2.00 bits per heavy atom. The highest BCUT2D eigenvalue weighted by Gasteiger charge is 1.98. The van der Waals surface area contributed by atoms with Crippen LogP contribution in [0.25, 0.3) is 0 Å². The number of rotatable bonds is 10. The summed E-state index contributed by atoms with van der Waals surface area (Å²) in [6.45, 7) is 10.2. The van der Waals surface area contributed by atoms with Crippen LogP contribution in [0.3, 0.4) is 0 Å². The zero-order chi connectivity index (χ0) is 15.3. The third kappa shape index (κ3) is 9.27.